The lowest BCUT2D eigenvalue weighted by molar-refractivity contribution is -0.304. The number of nitrogens with one attached hydrogen (secondary N) is 2. The van der Waals surface area contributed by atoms with Crippen molar-refractivity contribution in [3.8, 4) is 0 Å². The molecule has 0 saturated heterocycles. The summed E-state index contributed by atoms with van der Waals surface area (Å²) in [5.41, 5.74) is -0.0105. The van der Waals surface area contributed by atoms with Crippen molar-refractivity contribution >= 4 is 28.8 Å². The molecule has 0 aromatic carbocycles. The number of halogens is 3. The molecule has 1 aromatic rings. The number of amides is 2. The molecule has 0 saturated carbocycles. The first-order valence-electron chi connectivity index (χ1n) is 6.19. The Balaban J connectivity index is 2.05. The lowest BCUT2D eigenvalue weighted by atomic mass is 10.3. The normalized spacial score (nSPS) is 14.4. The highest BCUT2D eigenvalue weighted by atomic mass is 32.1. The molecule has 0 bridgehead atoms. The number of carbonyl (C=O) groups excluding carboxylic acids is 2. The quantitative estimate of drug-likeness (QED) is 0.820. The number of hydrogen-bond acceptors (Lipinski definition) is 5. The Bertz CT molecular complexity index is 692. The van der Waals surface area contributed by atoms with Crippen LogP contribution >= 0.6 is 11.3 Å². The van der Waals surface area contributed by atoms with Gasteiger partial charge in [-0.1, -0.05) is 12.2 Å². The first-order valence-corrected chi connectivity index (χ1v) is 7.07. The van der Waals surface area contributed by atoms with Gasteiger partial charge in [0.1, 0.15) is 11.5 Å². The van der Waals surface area contributed by atoms with Gasteiger partial charge in [0.25, 0.3) is 0 Å². The second kappa shape index (κ2) is 7.09. The highest BCUT2D eigenvalue weighted by Crippen LogP contribution is 2.25. The van der Waals surface area contributed by atoms with E-state index in [0.29, 0.717) is 6.29 Å². The molecule has 0 radical (unpaired) electrons. The van der Waals surface area contributed by atoms with E-state index >= 15 is 0 Å². The Morgan fingerprint density at radius 2 is 2.17 bits per heavy atom. The molecule has 2 amide bonds. The highest BCUT2D eigenvalue weighted by Gasteiger charge is 2.33. The van der Waals surface area contributed by atoms with Gasteiger partial charge < -0.3 is 10.1 Å². The van der Waals surface area contributed by atoms with Gasteiger partial charge in [0.2, 0.25) is 0 Å². The van der Waals surface area contributed by atoms with Gasteiger partial charge in [0.15, 0.2) is 11.4 Å². The fraction of sp³-hybridized carbons (Fsp3) is 0.154. The first kappa shape index (κ1) is 16.7. The van der Waals surface area contributed by atoms with Crippen molar-refractivity contribution in [3.05, 3.63) is 46.8 Å². The largest absolute Gasteiger partial charge is 0.573 e. The fourth-order valence-corrected chi connectivity index (χ4v) is 2.23. The van der Waals surface area contributed by atoms with Crippen molar-refractivity contribution in [3.63, 3.8) is 0 Å². The Morgan fingerprint density at radius 1 is 1.39 bits per heavy atom. The molecule has 0 unspecified atom stereocenters. The number of hydrogen-bond donors (Lipinski definition) is 2. The summed E-state index contributed by atoms with van der Waals surface area (Å²) >= 11 is 1.01. The zero-order valence-electron chi connectivity index (χ0n) is 11.4. The molecule has 1 aromatic heterocycles. The summed E-state index contributed by atoms with van der Waals surface area (Å²) in [6, 6.07) is -0.810. The summed E-state index contributed by atoms with van der Waals surface area (Å²) in [5.74, 6) is -0.509. The zero-order chi connectivity index (χ0) is 16.9. The number of ether oxygens (including phenoxy) is 1. The van der Waals surface area contributed by atoms with Crippen molar-refractivity contribution in [1.82, 2.24) is 10.3 Å². The van der Waals surface area contributed by atoms with Crippen LogP contribution in [0, 0.1) is 0 Å². The lowest BCUT2D eigenvalue weighted by Gasteiger charge is -2.15. The SMILES string of the molecule is O=Cc1csc(NC(=O)NC2=CC=CCC=C2OC(F)(F)F)n1. The number of allylic oxidation sites excluding steroid dienone is 4. The molecule has 23 heavy (non-hydrogen) atoms. The Morgan fingerprint density at radius 3 is 2.83 bits per heavy atom. The van der Waals surface area contributed by atoms with Crippen LogP contribution in [0.2, 0.25) is 0 Å². The van der Waals surface area contributed by atoms with E-state index in [4.69, 9.17) is 0 Å². The van der Waals surface area contributed by atoms with Gasteiger partial charge in [0.05, 0.1) is 5.70 Å². The molecular formula is C13H10F3N3O3S. The van der Waals surface area contributed by atoms with Crippen LogP contribution in [0.3, 0.4) is 0 Å². The van der Waals surface area contributed by atoms with Crippen LogP contribution in [0.5, 0.6) is 0 Å². The van der Waals surface area contributed by atoms with E-state index in [0.717, 1.165) is 11.3 Å². The summed E-state index contributed by atoms with van der Waals surface area (Å²) in [4.78, 5) is 26.1. The van der Waals surface area contributed by atoms with Crippen LogP contribution in [-0.2, 0) is 4.74 Å². The molecule has 0 aliphatic heterocycles. The van der Waals surface area contributed by atoms with Gasteiger partial charge in [-0.2, -0.15) is 0 Å². The summed E-state index contributed by atoms with van der Waals surface area (Å²) in [5, 5.41) is 6.13. The Hall–Kier alpha value is -2.62. The predicted octanol–water partition coefficient (Wildman–Crippen LogP) is 3.34. The molecule has 122 valence electrons. The summed E-state index contributed by atoms with van der Waals surface area (Å²) < 4.78 is 41.1. The van der Waals surface area contributed by atoms with E-state index in [1.165, 1.54) is 23.6 Å². The van der Waals surface area contributed by atoms with E-state index in [2.05, 4.69) is 20.4 Å². The molecule has 2 rings (SSSR count). The van der Waals surface area contributed by atoms with Crippen molar-refractivity contribution in [2.75, 3.05) is 5.32 Å². The maximum absolute atomic E-state index is 12.4. The number of thiazole rings is 1. The number of carbonyl (C=O) groups is 2. The number of alkyl halides is 3. The van der Waals surface area contributed by atoms with E-state index in [-0.39, 0.29) is 22.9 Å². The minimum Gasteiger partial charge on any atom is -0.404 e. The van der Waals surface area contributed by atoms with Gasteiger partial charge in [0, 0.05) is 5.38 Å². The molecule has 0 fully saturated rings. The second-order valence-electron chi connectivity index (χ2n) is 4.13. The molecule has 0 spiro atoms. The summed E-state index contributed by atoms with van der Waals surface area (Å²) in [6.45, 7) is 0. The topological polar surface area (TPSA) is 80.3 Å². The molecule has 1 heterocycles. The number of aromatic nitrogens is 1. The molecule has 2 N–H and O–H groups in total. The number of anilines is 1. The second-order valence-corrected chi connectivity index (χ2v) is 4.99. The average molecular weight is 345 g/mol. The van der Waals surface area contributed by atoms with Crippen molar-refractivity contribution in [2.24, 2.45) is 0 Å². The Kier molecular flexibility index (Phi) is 5.16. The van der Waals surface area contributed by atoms with Gasteiger partial charge >= 0.3 is 12.4 Å². The highest BCUT2D eigenvalue weighted by molar-refractivity contribution is 7.14. The van der Waals surface area contributed by atoms with Gasteiger partial charge in [-0.25, -0.2) is 9.78 Å². The number of nitrogens with zero attached hydrogens (tertiary/aromatic N) is 1. The van der Waals surface area contributed by atoms with E-state index in [1.807, 2.05) is 0 Å². The minimum absolute atomic E-state index is 0.136. The molecule has 6 nitrogen and oxygen atoms in total. The molecule has 10 heteroatoms. The minimum atomic E-state index is -4.87. The van der Waals surface area contributed by atoms with E-state index in [9.17, 15) is 22.8 Å². The maximum Gasteiger partial charge on any atom is 0.573 e. The number of urea groups is 1. The van der Waals surface area contributed by atoms with Crippen molar-refractivity contribution in [2.45, 2.75) is 12.8 Å². The smallest absolute Gasteiger partial charge is 0.404 e. The summed E-state index contributed by atoms with van der Waals surface area (Å²) in [7, 11) is 0. The zero-order valence-corrected chi connectivity index (χ0v) is 12.2. The van der Waals surface area contributed by atoms with Crippen LogP contribution < -0.4 is 10.6 Å². The van der Waals surface area contributed by atoms with Crippen LogP contribution in [0.15, 0.2) is 41.1 Å². The van der Waals surface area contributed by atoms with Gasteiger partial charge in [-0.05, 0) is 18.6 Å². The van der Waals surface area contributed by atoms with E-state index < -0.39 is 18.2 Å². The number of aldehydes is 1. The standard InChI is InChI=1S/C13H10F3N3O3S/c14-13(15,16)22-10-5-3-1-2-4-9(10)18-11(21)19-12-17-8(6-20)7-23-12/h1-2,4-7H,3H2,(H2,17,18,19,21). The molecule has 1 aliphatic carbocycles. The number of rotatable bonds is 4. The third-order valence-corrected chi connectivity index (χ3v) is 3.22. The molecule has 1 aliphatic rings. The monoisotopic (exact) mass is 345 g/mol. The third-order valence-electron chi connectivity index (χ3n) is 2.44. The van der Waals surface area contributed by atoms with Gasteiger partial charge in [-0.15, -0.1) is 24.5 Å². The third kappa shape index (κ3) is 5.25. The fourth-order valence-electron chi connectivity index (χ4n) is 1.58. The Labute approximate surface area is 132 Å². The van der Waals surface area contributed by atoms with Gasteiger partial charge in [-0.3, -0.25) is 10.1 Å². The maximum atomic E-state index is 12.4. The first-order chi connectivity index (χ1) is 10.9. The van der Waals surface area contributed by atoms with Crippen LogP contribution in [0.4, 0.5) is 23.1 Å². The summed E-state index contributed by atoms with van der Waals surface area (Å²) in [6.07, 6.45) is 1.43. The molecule has 0 atom stereocenters. The van der Waals surface area contributed by atoms with Crippen LogP contribution in [0.25, 0.3) is 0 Å². The lowest BCUT2D eigenvalue weighted by Crippen LogP contribution is -2.30. The molecular weight excluding hydrogens is 335 g/mol. The average Bonchev–Trinajstić information content (AvgIpc) is 2.80. The van der Waals surface area contributed by atoms with Crippen molar-refractivity contribution in [1.29, 1.82) is 0 Å². The van der Waals surface area contributed by atoms with Crippen molar-refractivity contribution < 1.29 is 27.5 Å². The predicted molar refractivity (Wildman–Crippen MR) is 76.7 cm³/mol. The van der Waals surface area contributed by atoms with Crippen LogP contribution in [-0.4, -0.2) is 23.7 Å². The van der Waals surface area contributed by atoms with Crippen LogP contribution in [0.1, 0.15) is 16.9 Å². The van der Waals surface area contributed by atoms with E-state index in [1.54, 1.807) is 6.08 Å².